The van der Waals surface area contributed by atoms with Gasteiger partial charge in [-0.05, 0) is 87.5 Å². The van der Waals surface area contributed by atoms with Gasteiger partial charge in [0.2, 0.25) is 0 Å². The second-order valence-electron chi connectivity index (χ2n) is 12.9. The lowest BCUT2D eigenvalue weighted by Crippen LogP contribution is -2.44. The van der Waals surface area contributed by atoms with Crippen LogP contribution in [0.3, 0.4) is 0 Å². The SMILES string of the molecule is O=C(O)c1cc(OC2CCC2)c2cc(N3CCC4(CC3)CC(=Cc3c(-c5c(Cl)cncc5Cl)noc3C3CC3)C4)ccc2n1. The van der Waals surface area contributed by atoms with Crippen molar-refractivity contribution in [3.63, 3.8) is 0 Å². The molecule has 0 atom stereocenters. The van der Waals surface area contributed by atoms with Gasteiger partial charge in [0.15, 0.2) is 5.69 Å². The molecule has 3 aromatic heterocycles. The minimum atomic E-state index is -1.04. The molecule has 0 bridgehead atoms. The third kappa shape index (κ3) is 5.02. The number of benzene rings is 1. The number of pyridine rings is 2. The number of carboxylic acid groups (broad SMARTS) is 1. The Kier molecular flexibility index (Phi) is 6.83. The monoisotopic (exact) mass is 630 g/mol. The van der Waals surface area contributed by atoms with E-state index in [-0.39, 0.29) is 11.8 Å². The van der Waals surface area contributed by atoms with Crippen molar-refractivity contribution in [2.75, 3.05) is 18.0 Å². The van der Waals surface area contributed by atoms with Crippen LogP contribution in [0.4, 0.5) is 5.69 Å². The van der Waals surface area contributed by atoms with Gasteiger partial charge in [0.25, 0.3) is 0 Å². The average Bonchev–Trinajstić information content (AvgIpc) is 3.74. The van der Waals surface area contributed by atoms with E-state index in [4.69, 9.17) is 32.5 Å². The van der Waals surface area contributed by atoms with Gasteiger partial charge in [-0.2, -0.15) is 0 Å². The molecule has 1 N–H and O–H groups in total. The van der Waals surface area contributed by atoms with Crippen molar-refractivity contribution in [1.29, 1.82) is 0 Å². The van der Waals surface area contributed by atoms with Crippen molar-refractivity contribution in [1.82, 2.24) is 15.1 Å². The fourth-order valence-electron chi connectivity index (χ4n) is 6.97. The number of allylic oxidation sites excluding steroid dienone is 1. The van der Waals surface area contributed by atoms with E-state index >= 15 is 0 Å². The first-order chi connectivity index (χ1) is 21.4. The summed E-state index contributed by atoms with van der Waals surface area (Å²) in [5.41, 5.74) is 5.91. The van der Waals surface area contributed by atoms with Crippen LogP contribution in [-0.2, 0) is 0 Å². The smallest absolute Gasteiger partial charge is 0.354 e. The topological polar surface area (TPSA) is 102 Å². The maximum absolute atomic E-state index is 11.7. The van der Waals surface area contributed by atoms with Crippen LogP contribution in [0.1, 0.15) is 85.5 Å². The van der Waals surface area contributed by atoms with Gasteiger partial charge in [0.05, 0.1) is 21.7 Å². The van der Waals surface area contributed by atoms with Gasteiger partial charge in [0.1, 0.15) is 17.2 Å². The summed E-state index contributed by atoms with van der Waals surface area (Å²) in [4.78, 5) is 22.6. The number of hydrogen-bond acceptors (Lipinski definition) is 7. The Morgan fingerprint density at radius 1 is 1.07 bits per heavy atom. The number of fused-ring (bicyclic) bond motifs is 1. The van der Waals surface area contributed by atoms with Crippen LogP contribution in [-0.4, -0.2) is 45.4 Å². The lowest BCUT2D eigenvalue weighted by Gasteiger charge is -2.50. The molecule has 10 heteroatoms. The number of ether oxygens (including phenoxy) is 1. The molecule has 3 aliphatic carbocycles. The van der Waals surface area contributed by atoms with Gasteiger partial charge in [-0.1, -0.05) is 33.9 Å². The number of rotatable bonds is 7. The molecule has 4 aromatic rings. The van der Waals surface area contributed by atoms with Gasteiger partial charge in [0, 0.05) is 59.7 Å². The maximum atomic E-state index is 11.7. The van der Waals surface area contributed by atoms with Crippen LogP contribution in [0.15, 0.2) is 46.8 Å². The Bertz CT molecular complexity index is 1790. The van der Waals surface area contributed by atoms with Crippen molar-refractivity contribution in [2.24, 2.45) is 5.41 Å². The molecular weight excluding hydrogens is 599 g/mol. The summed E-state index contributed by atoms with van der Waals surface area (Å²) in [6, 6.07) is 7.68. The minimum Gasteiger partial charge on any atom is -0.490 e. The van der Waals surface area contributed by atoms with E-state index < -0.39 is 5.97 Å². The summed E-state index contributed by atoms with van der Waals surface area (Å²) in [6.45, 7) is 1.93. The van der Waals surface area contributed by atoms with E-state index in [9.17, 15) is 9.90 Å². The number of hydrogen-bond donors (Lipinski definition) is 1. The standard InChI is InChI=1S/C34H32Cl2N4O4/c35-25-17-37-18-26(36)30(25)31-24(32(44-39-31)20-4-5-20)12-19-15-34(16-19)8-10-40(11-9-34)21-6-7-27-23(13-21)29(43-22-2-1-3-22)14-28(38-27)33(41)42/h6-7,12-14,17-18,20,22H,1-5,8-11,15-16H2,(H,41,42). The second-order valence-corrected chi connectivity index (χ2v) is 13.7. The number of halogens is 2. The number of piperidine rings is 1. The maximum Gasteiger partial charge on any atom is 0.354 e. The molecule has 0 amide bonds. The Morgan fingerprint density at radius 2 is 1.82 bits per heavy atom. The van der Waals surface area contributed by atoms with Gasteiger partial charge < -0.3 is 19.3 Å². The molecule has 1 aliphatic heterocycles. The fourth-order valence-corrected chi connectivity index (χ4v) is 7.52. The molecular formula is C34H32Cl2N4O4. The van der Waals surface area contributed by atoms with Gasteiger partial charge in [-0.15, -0.1) is 0 Å². The number of carboxylic acids is 1. The predicted octanol–water partition coefficient (Wildman–Crippen LogP) is 8.56. The first-order valence-electron chi connectivity index (χ1n) is 15.4. The van der Waals surface area contributed by atoms with Crippen LogP contribution in [0.2, 0.25) is 10.0 Å². The summed E-state index contributed by atoms with van der Waals surface area (Å²) >= 11 is 13.0. The quantitative estimate of drug-likeness (QED) is 0.217. The van der Waals surface area contributed by atoms with Crippen LogP contribution in [0, 0.1) is 5.41 Å². The molecule has 4 heterocycles. The van der Waals surface area contributed by atoms with E-state index in [0.29, 0.717) is 43.9 Å². The molecule has 44 heavy (non-hydrogen) atoms. The summed E-state index contributed by atoms with van der Waals surface area (Å²) in [5, 5.41) is 15.8. The zero-order valence-electron chi connectivity index (χ0n) is 24.2. The first-order valence-corrected chi connectivity index (χ1v) is 16.2. The minimum absolute atomic E-state index is 0.0166. The number of carbonyl (C=O) groups is 1. The molecule has 8 rings (SSSR count). The van der Waals surface area contributed by atoms with Gasteiger partial charge in [-0.3, -0.25) is 4.98 Å². The highest BCUT2D eigenvalue weighted by Gasteiger charge is 2.43. The molecule has 0 radical (unpaired) electrons. The van der Waals surface area contributed by atoms with Crippen molar-refractivity contribution in [3.8, 4) is 17.0 Å². The molecule has 0 unspecified atom stereocenters. The van der Waals surface area contributed by atoms with E-state index in [1.165, 1.54) is 5.57 Å². The first kappa shape index (κ1) is 27.9. The molecule has 4 fully saturated rings. The van der Waals surface area contributed by atoms with E-state index in [2.05, 4.69) is 38.2 Å². The highest BCUT2D eigenvalue weighted by atomic mass is 35.5. The number of aromatic nitrogens is 3. The van der Waals surface area contributed by atoms with Crippen molar-refractivity contribution in [2.45, 2.75) is 69.8 Å². The van der Waals surface area contributed by atoms with Crippen molar-refractivity contribution < 1.29 is 19.2 Å². The summed E-state index contributed by atoms with van der Waals surface area (Å²) in [5.74, 6) is 0.925. The van der Waals surface area contributed by atoms with Crippen LogP contribution >= 0.6 is 23.2 Å². The molecule has 1 spiro atoms. The van der Waals surface area contributed by atoms with Crippen LogP contribution < -0.4 is 9.64 Å². The van der Waals surface area contributed by atoms with Gasteiger partial charge >= 0.3 is 5.97 Å². The Balaban J connectivity index is 0.997. The molecule has 4 aliphatic rings. The third-order valence-corrected chi connectivity index (χ3v) is 10.4. The van der Waals surface area contributed by atoms with E-state index in [0.717, 1.165) is 93.3 Å². The lowest BCUT2D eigenvalue weighted by molar-refractivity contribution is 0.0689. The average molecular weight is 632 g/mol. The zero-order chi connectivity index (χ0) is 30.0. The molecule has 3 saturated carbocycles. The highest BCUT2D eigenvalue weighted by Crippen LogP contribution is 2.55. The van der Waals surface area contributed by atoms with Crippen LogP contribution in [0.5, 0.6) is 5.75 Å². The molecule has 1 aromatic carbocycles. The predicted molar refractivity (Wildman–Crippen MR) is 170 cm³/mol. The largest absolute Gasteiger partial charge is 0.490 e. The Morgan fingerprint density at radius 3 is 2.48 bits per heavy atom. The molecule has 8 nitrogen and oxygen atoms in total. The van der Waals surface area contributed by atoms with E-state index in [1.807, 2.05) is 6.07 Å². The molecule has 1 saturated heterocycles. The number of aromatic carboxylic acids is 1. The molecule has 226 valence electrons. The van der Waals surface area contributed by atoms with Crippen LogP contribution in [0.25, 0.3) is 28.2 Å². The highest BCUT2D eigenvalue weighted by molar-refractivity contribution is 6.39. The van der Waals surface area contributed by atoms with Gasteiger partial charge in [-0.25, -0.2) is 9.78 Å². The van der Waals surface area contributed by atoms with Crippen molar-refractivity contribution in [3.05, 3.63) is 69.3 Å². The number of nitrogens with zero attached hydrogens (tertiary/aromatic N) is 4. The zero-order valence-corrected chi connectivity index (χ0v) is 25.7. The van der Waals surface area contributed by atoms with E-state index in [1.54, 1.807) is 18.5 Å². The summed E-state index contributed by atoms with van der Waals surface area (Å²) < 4.78 is 12.1. The van der Waals surface area contributed by atoms with Crippen molar-refractivity contribution >= 4 is 51.8 Å². The Labute approximate surface area is 265 Å². The summed E-state index contributed by atoms with van der Waals surface area (Å²) in [6.07, 6.45) is 15.3. The second kappa shape index (κ2) is 10.8. The lowest BCUT2D eigenvalue weighted by atomic mass is 9.60. The Hall–Kier alpha value is -3.62. The summed E-state index contributed by atoms with van der Waals surface area (Å²) in [7, 11) is 0. The third-order valence-electron chi connectivity index (χ3n) is 9.86. The number of anilines is 1. The normalized spacial score (nSPS) is 19.6. The fraction of sp³-hybridized carbons (Fsp3) is 0.412.